The Morgan fingerprint density at radius 1 is 1.06 bits per heavy atom. The standard InChI is InChI=1S/C22H15F5N2O3S/c1-2-31-21(30)11-5-6-15-14(8-11)28-22(29(15)9-12-4-3-7-32-12)33-10-13-16(23)18(25)20(27)19(26)17(13)24/h3-8H,2,9-10H2,1H3. The van der Waals surface area contributed by atoms with Crippen LogP contribution >= 0.6 is 11.8 Å². The molecule has 33 heavy (non-hydrogen) atoms. The number of benzene rings is 2. The molecule has 4 rings (SSSR count). The summed E-state index contributed by atoms with van der Waals surface area (Å²) in [7, 11) is 0. The second-order valence-electron chi connectivity index (χ2n) is 6.82. The van der Waals surface area contributed by atoms with Gasteiger partial charge in [-0.15, -0.1) is 0 Å². The molecule has 0 aliphatic rings. The summed E-state index contributed by atoms with van der Waals surface area (Å²) in [6.07, 6.45) is 1.47. The molecule has 0 aliphatic carbocycles. The molecule has 2 aromatic carbocycles. The number of thioether (sulfide) groups is 1. The average Bonchev–Trinajstić information content (AvgIpc) is 3.44. The highest BCUT2D eigenvalue weighted by molar-refractivity contribution is 7.98. The number of aromatic nitrogens is 2. The normalized spacial score (nSPS) is 11.3. The van der Waals surface area contributed by atoms with Crippen molar-refractivity contribution in [2.24, 2.45) is 0 Å². The Morgan fingerprint density at radius 3 is 2.39 bits per heavy atom. The van der Waals surface area contributed by atoms with Gasteiger partial charge in [0, 0.05) is 11.3 Å². The molecular weight excluding hydrogens is 467 g/mol. The van der Waals surface area contributed by atoms with Crippen LogP contribution in [0.3, 0.4) is 0 Å². The van der Waals surface area contributed by atoms with Crippen LogP contribution in [0.15, 0.2) is 46.2 Å². The van der Waals surface area contributed by atoms with Crippen molar-refractivity contribution >= 4 is 28.8 Å². The molecule has 11 heteroatoms. The third-order valence-electron chi connectivity index (χ3n) is 4.76. The van der Waals surface area contributed by atoms with E-state index in [9.17, 15) is 26.7 Å². The Bertz CT molecular complexity index is 1310. The van der Waals surface area contributed by atoms with Crippen LogP contribution < -0.4 is 0 Å². The minimum absolute atomic E-state index is 0.182. The Balaban J connectivity index is 1.74. The molecular formula is C22H15F5N2O3S. The molecule has 0 aliphatic heterocycles. The van der Waals surface area contributed by atoms with E-state index >= 15 is 0 Å². The Kier molecular flexibility index (Phi) is 6.41. The molecule has 0 saturated heterocycles. The van der Waals surface area contributed by atoms with Crippen LogP contribution in [0.25, 0.3) is 11.0 Å². The van der Waals surface area contributed by atoms with Gasteiger partial charge in [0.25, 0.3) is 0 Å². The first-order valence-electron chi connectivity index (χ1n) is 9.64. The minimum Gasteiger partial charge on any atom is -0.467 e. The van der Waals surface area contributed by atoms with Gasteiger partial charge in [-0.25, -0.2) is 31.7 Å². The predicted octanol–water partition coefficient (Wildman–Crippen LogP) is 5.84. The van der Waals surface area contributed by atoms with E-state index in [-0.39, 0.29) is 23.9 Å². The molecule has 0 amide bonds. The summed E-state index contributed by atoms with van der Waals surface area (Å²) < 4.78 is 80.7. The van der Waals surface area contributed by atoms with Crippen molar-refractivity contribution < 1.29 is 35.9 Å². The average molecular weight is 482 g/mol. The van der Waals surface area contributed by atoms with Gasteiger partial charge in [-0.2, -0.15) is 0 Å². The van der Waals surface area contributed by atoms with Crippen LogP contribution in [0.2, 0.25) is 0 Å². The van der Waals surface area contributed by atoms with Crippen molar-refractivity contribution in [3.8, 4) is 0 Å². The smallest absolute Gasteiger partial charge is 0.338 e. The first kappa shape index (κ1) is 22.8. The number of rotatable bonds is 7. The van der Waals surface area contributed by atoms with Gasteiger partial charge in [0.05, 0.1) is 36.0 Å². The van der Waals surface area contributed by atoms with Crippen molar-refractivity contribution in [3.63, 3.8) is 0 Å². The van der Waals surface area contributed by atoms with Crippen molar-refractivity contribution in [3.05, 3.63) is 82.6 Å². The second-order valence-corrected chi connectivity index (χ2v) is 7.76. The highest BCUT2D eigenvalue weighted by Gasteiger charge is 2.26. The Morgan fingerprint density at radius 2 is 1.76 bits per heavy atom. The van der Waals surface area contributed by atoms with Crippen LogP contribution in [0, 0.1) is 29.1 Å². The SMILES string of the molecule is CCOC(=O)c1ccc2c(c1)nc(SCc1c(F)c(F)c(F)c(F)c1F)n2Cc1ccco1. The maximum absolute atomic E-state index is 14.1. The van der Waals surface area contributed by atoms with Gasteiger partial charge in [0.2, 0.25) is 5.82 Å². The lowest BCUT2D eigenvalue weighted by Gasteiger charge is -2.10. The van der Waals surface area contributed by atoms with Crippen LogP contribution in [0.1, 0.15) is 28.6 Å². The van der Waals surface area contributed by atoms with Crippen molar-refractivity contribution in [1.29, 1.82) is 0 Å². The van der Waals surface area contributed by atoms with E-state index in [1.165, 1.54) is 12.3 Å². The van der Waals surface area contributed by atoms with Crippen LogP contribution in [0.4, 0.5) is 22.0 Å². The molecule has 5 nitrogen and oxygen atoms in total. The van der Waals surface area contributed by atoms with Crippen LogP contribution in [0.5, 0.6) is 0 Å². The number of nitrogens with zero attached hydrogens (tertiary/aromatic N) is 2. The summed E-state index contributed by atoms with van der Waals surface area (Å²) in [6.45, 7) is 2.04. The molecule has 0 fully saturated rings. The number of hydrogen-bond acceptors (Lipinski definition) is 5. The summed E-state index contributed by atoms with van der Waals surface area (Å²) in [5.74, 6) is -10.6. The minimum atomic E-state index is -2.21. The fourth-order valence-electron chi connectivity index (χ4n) is 3.18. The van der Waals surface area contributed by atoms with Crippen LogP contribution in [-0.4, -0.2) is 22.1 Å². The molecule has 0 radical (unpaired) electrons. The van der Waals surface area contributed by atoms with Gasteiger partial charge < -0.3 is 13.7 Å². The first-order valence-corrected chi connectivity index (χ1v) is 10.6. The number of imidazole rings is 1. The lowest BCUT2D eigenvalue weighted by atomic mass is 10.2. The number of carbonyl (C=O) groups excluding carboxylic acids is 1. The molecule has 172 valence electrons. The van der Waals surface area contributed by atoms with E-state index < -0.39 is 46.4 Å². The van der Waals surface area contributed by atoms with Crippen LogP contribution in [-0.2, 0) is 17.0 Å². The van der Waals surface area contributed by atoms with Gasteiger partial charge in [-0.3, -0.25) is 0 Å². The molecule has 0 bridgehead atoms. The molecule has 0 unspecified atom stereocenters. The largest absolute Gasteiger partial charge is 0.467 e. The fourth-order valence-corrected chi connectivity index (χ4v) is 4.19. The molecule has 0 atom stereocenters. The summed E-state index contributed by atoms with van der Waals surface area (Å²) in [4.78, 5) is 16.5. The van der Waals surface area contributed by atoms with E-state index in [2.05, 4.69) is 4.98 Å². The molecule has 2 heterocycles. The third-order valence-corrected chi connectivity index (χ3v) is 5.77. The maximum Gasteiger partial charge on any atom is 0.338 e. The monoisotopic (exact) mass is 482 g/mol. The number of halogens is 5. The second kappa shape index (κ2) is 9.26. The molecule has 0 N–H and O–H groups in total. The number of ether oxygens (including phenoxy) is 1. The fraction of sp³-hybridized carbons (Fsp3) is 0.182. The van der Waals surface area contributed by atoms with Gasteiger partial charge in [0.15, 0.2) is 28.4 Å². The lowest BCUT2D eigenvalue weighted by molar-refractivity contribution is 0.0526. The van der Waals surface area contributed by atoms with Gasteiger partial charge in [-0.1, -0.05) is 11.8 Å². The Labute approximate surface area is 188 Å². The molecule has 0 saturated carbocycles. The summed E-state index contributed by atoms with van der Waals surface area (Å²) in [5, 5.41) is 0.228. The summed E-state index contributed by atoms with van der Waals surface area (Å²) in [6, 6.07) is 8.04. The summed E-state index contributed by atoms with van der Waals surface area (Å²) in [5.41, 5.74) is 0.245. The number of fused-ring (bicyclic) bond motifs is 1. The highest BCUT2D eigenvalue weighted by Crippen LogP contribution is 2.32. The van der Waals surface area contributed by atoms with Gasteiger partial charge >= 0.3 is 5.97 Å². The zero-order chi connectivity index (χ0) is 23.7. The predicted molar refractivity (Wildman–Crippen MR) is 109 cm³/mol. The highest BCUT2D eigenvalue weighted by atomic mass is 32.2. The number of furan rings is 1. The van der Waals surface area contributed by atoms with E-state index in [1.807, 2.05) is 0 Å². The molecule has 4 aromatic rings. The number of esters is 1. The lowest BCUT2D eigenvalue weighted by Crippen LogP contribution is -2.07. The number of hydrogen-bond donors (Lipinski definition) is 0. The van der Waals surface area contributed by atoms with E-state index in [0.29, 0.717) is 16.8 Å². The zero-order valence-electron chi connectivity index (χ0n) is 17.0. The third kappa shape index (κ3) is 4.32. The molecule has 2 aromatic heterocycles. The van der Waals surface area contributed by atoms with Crippen molar-refractivity contribution in [2.45, 2.75) is 24.4 Å². The van der Waals surface area contributed by atoms with E-state index in [4.69, 9.17) is 9.15 Å². The van der Waals surface area contributed by atoms with E-state index in [0.717, 1.165) is 11.8 Å². The van der Waals surface area contributed by atoms with Gasteiger partial charge in [-0.05, 0) is 37.3 Å². The van der Waals surface area contributed by atoms with E-state index in [1.54, 1.807) is 35.8 Å². The van der Waals surface area contributed by atoms with Crippen molar-refractivity contribution in [2.75, 3.05) is 6.61 Å². The summed E-state index contributed by atoms with van der Waals surface area (Å²) >= 11 is 0.782. The van der Waals surface area contributed by atoms with Gasteiger partial charge in [0.1, 0.15) is 5.76 Å². The first-order chi connectivity index (χ1) is 15.8. The number of carbonyl (C=O) groups is 1. The quantitative estimate of drug-likeness (QED) is 0.109. The van der Waals surface area contributed by atoms with Crippen molar-refractivity contribution in [1.82, 2.24) is 9.55 Å². The molecule has 0 spiro atoms. The maximum atomic E-state index is 14.1. The zero-order valence-corrected chi connectivity index (χ0v) is 17.8. The topological polar surface area (TPSA) is 57.3 Å². The Hall–Kier alpha value is -3.34.